The Morgan fingerprint density at radius 3 is 1.86 bits per heavy atom. The second kappa shape index (κ2) is 6.88. The van der Waals surface area contributed by atoms with E-state index in [1.807, 2.05) is 0 Å². The molecule has 0 N–H and O–H groups in total. The summed E-state index contributed by atoms with van der Waals surface area (Å²) in [5.41, 5.74) is 0. The molecule has 0 aliphatic carbocycles. The molecule has 0 unspecified atom stereocenters. The maximum absolute atomic E-state index is 3.73. The van der Waals surface area contributed by atoms with Crippen LogP contribution < -0.4 is 0 Å². The van der Waals surface area contributed by atoms with Crippen molar-refractivity contribution in [3.05, 3.63) is 6.92 Å². The summed E-state index contributed by atoms with van der Waals surface area (Å²) in [5.74, 6) is 0.836. The van der Waals surface area contributed by atoms with Gasteiger partial charge in [0.2, 0.25) is 0 Å². The van der Waals surface area contributed by atoms with E-state index in [2.05, 4.69) is 20.8 Å². The summed E-state index contributed by atoms with van der Waals surface area (Å²) in [5, 5.41) is 0. The Hall–Kier alpha value is 0.883. The zero-order valence-electron chi connectivity index (χ0n) is 5.20. The van der Waals surface area contributed by atoms with Crippen molar-refractivity contribution in [2.75, 3.05) is 0 Å². The molecular weight excluding hydrogens is 163 g/mol. The fourth-order valence-corrected chi connectivity index (χ4v) is 0.408. The second-order valence-electron chi connectivity index (χ2n) is 2.04. The van der Waals surface area contributed by atoms with Gasteiger partial charge in [-0.2, -0.15) is 0 Å². The molecule has 0 aromatic carbocycles. The Bertz CT molecular complexity index is 25.4. The smallest absolute Gasteiger partial charge is 0 e. The summed E-state index contributed by atoms with van der Waals surface area (Å²) >= 11 is 0. The van der Waals surface area contributed by atoms with E-state index in [1.54, 1.807) is 0 Å². The van der Waals surface area contributed by atoms with Gasteiger partial charge in [-0.25, -0.2) is 0 Å². The minimum Gasteiger partial charge on any atom is -0.0628 e. The van der Waals surface area contributed by atoms with E-state index in [1.165, 1.54) is 6.42 Å². The van der Waals surface area contributed by atoms with Crippen molar-refractivity contribution in [2.24, 2.45) is 5.92 Å². The van der Waals surface area contributed by atoms with Crippen LogP contribution in [0.1, 0.15) is 26.7 Å². The van der Waals surface area contributed by atoms with Crippen molar-refractivity contribution in [1.29, 1.82) is 0 Å². The molecule has 0 spiro atoms. The first-order valence-corrected chi connectivity index (χ1v) is 2.56. The van der Waals surface area contributed by atoms with Gasteiger partial charge < -0.3 is 0 Å². The zero-order valence-corrected chi connectivity index (χ0v) is 7.66. The van der Waals surface area contributed by atoms with Crippen LogP contribution in [-0.2, 0) is 26.2 Å². The van der Waals surface area contributed by atoms with Crippen LogP contribution in [0.25, 0.3) is 0 Å². The summed E-state index contributed by atoms with van der Waals surface area (Å²) < 4.78 is 0. The third kappa shape index (κ3) is 10.9. The fraction of sp³-hybridized carbons (Fsp3) is 0.833. The summed E-state index contributed by atoms with van der Waals surface area (Å²) in [6.07, 6.45) is 2.34. The van der Waals surface area contributed by atoms with Crippen LogP contribution in [0.3, 0.4) is 0 Å². The van der Waals surface area contributed by atoms with Gasteiger partial charge in [0.15, 0.2) is 0 Å². The Morgan fingerprint density at radius 1 is 1.43 bits per heavy atom. The van der Waals surface area contributed by atoms with E-state index in [0.29, 0.717) is 0 Å². The topological polar surface area (TPSA) is 0 Å². The van der Waals surface area contributed by atoms with Crippen molar-refractivity contribution in [1.82, 2.24) is 0 Å². The molecule has 0 aliphatic rings. The number of hydrogen-bond acceptors (Lipinski definition) is 0. The van der Waals surface area contributed by atoms with E-state index in [9.17, 15) is 0 Å². The largest absolute Gasteiger partial charge is 0.0628 e. The van der Waals surface area contributed by atoms with Crippen LogP contribution in [0.5, 0.6) is 0 Å². The first-order chi connectivity index (χ1) is 2.77. The van der Waals surface area contributed by atoms with E-state index >= 15 is 0 Å². The minimum atomic E-state index is 0. The van der Waals surface area contributed by atoms with Crippen LogP contribution in [0, 0.1) is 12.8 Å². The normalized spacial score (nSPS) is 8.57. The molecule has 0 nitrogen and oxygen atoms in total. The molecule has 0 aromatic rings. The van der Waals surface area contributed by atoms with E-state index < -0.39 is 0 Å². The average Bonchev–Trinajstić information content (AvgIpc) is 1.35. The molecule has 0 saturated heterocycles. The molecule has 0 amide bonds. The maximum atomic E-state index is 3.73. The van der Waals surface area contributed by atoms with Gasteiger partial charge in [-0.3, -0.25) is 0 Å². The van der Waals surface area contributed by atoms with Crippen molar-refractivity contribution >= 4 is 0 Å². The third-order valence-electron chi connectivity index (χ3n) is 0.781. The quantitative estimate of drug-likeness (QED) is 0.605. The Morgan fingerprint density at radius 2 is 1.86 bits per heavy atom. The maximum Gasteiger partial charge on any atom is 0 e. The predicted octanol–water partition coefficient (Wildman–Crippen LogP) is 2.25. The monoisotopic (exact) mass is 175 g/mol. The van der Waals surface area contributed by atoms with Crippen molar-refractivity contribution < 1.29 is 26.2 Å². The SMILES string of the molecule is [CH2]CCC(C)C.[Zr]. The summed E-state index contributed by atoms with van der Waals surface area (Å²) in [6.45, 7) is 8.15. The molecule has 41 valence electrons. The number of hydrogen-bond donors (Lipinski definition) is 0. The molecule has 0 saturated carbocycles. The standard InChI is InChI=1S/C6H13.Zr/c1-4-5-6(2)3;/h6H,1,4-5H2,2-3H3;. The predicted molar refractivity (Wildman–Crippen MR) is 29.4 cm³/mol. The average molecular weight is 176 g/mol. The molecule has 0 atom stereocenters. The Balaban J connectivity index is 0. The number of rotatable bonds is 2. The third-order valence-corrected chi connectivity index (χ3v) is 0.781. The molecule has 0 fully saturated rings. The molecule has 0 aliphatic heterocycles. The Kier molecular flexibility index (Phi) is 10.6. The molecule has 0 bridgehead atoms. The van der Waals surface area contributed by atoms with Gasteiger partial charge in [0, 0.05) is 26.2 Å². The minimum absolute atomic E-state index is 0. The summed E-state index contributed by atoms with van der Waals surface area (Å²) in [4.78, 5) is 0. The van der Waals surface area contributed by atoms with Gasteiger partial charge >= 0.3 is 0 Å². The van der Waals surface area contributed by atoms with E-state index in [4.69, 9.17) is 0 Å². The van der Waals surface area contributed by atoms with Gasteiger partial charge in [0.05, 0.1) is 0 Å². The molecule has 0 heterocycles. The molecule has 0 rings (SSSR count). The molecule has 7 heavy (non-hydrogen) atoms. The van der Waals surface area contributed by atoms with Crippen LogP contribution >= 0.6 is 0 Å². The Labute approximate surface area is 65.8 Å². The zero-order chi connectivity index (χ0) is 4.99. The molecule has 1 radical (unpaired) electrons. The van der Waals surface area contributed by atoms with Crippen molar-refractivity contribution in [2.45, 2.75) is 26.7 Å². The van der Waals surface area contributed by atoms with Crippen molar-refractivity contribution in [3.8, 4) is 0 Å². The van der Waals surface area contributed by atoms with Crippen LogP contribution in [0.2, 0.25) is 0 Å². The van der Waals surface area contributed by atoms with Gasteiger partial charge in [-0.15, -0.1) is 0 Å². The second-order valence-corrected chi connectivity index (χ2v) is 2.04. The summed E-state index contributed by atoms with van der Waals surface area (Å²) in [7, 11) is 0. The van der Waals surface area contributed by atoms with Gasteiger partial charge in [0.1, 0.15) is 0 Å². The molecule has 0 aromatic heterocycles. The van der Waals surface area contributed by atoms with Crippen molar-refractivity contribution in [3.63, 3.8) is 0 Å². The van der Waals surface area contributed by atoms with Crippen LogP contribution in [-0.4, -0.2) is 0 Å². The van der Waals surface area contributed by atoms with Gasteiger partial charge in [-0.05, 0) is 5.92 Å². The molecular formula is C6H13Zr. The van der Waals surface area contributed by atoms with Crippen LogP contribution in [0.4, 0.5) is 0 Å². The fourth-order valence-electron chi connectivity index (χ4n) is 0.408. The van der Waals surface area contributed by atoms with E-state index in [-0.39, 0.29) is 26.2 Å². The van der Waals surface area contributed by atoms with E-state index in [0.717, 1.165) is 12.3 Å². The summed E-state index contributed by atoms with van der Waals surface area (Å²) in [6, 6.07) is 0. The first-order valence-electron chi connectivity index (χ1n) is 2.56. The first kappa shape index (κ1) is 10.8. The van der Waals surface area contributed by atoms with Gasteiger partial charge in [-0.1, -0.05) is 33.6 Å². The van der Waals surface area contributed by atoms with Gasteiger partial charge in [0.25, 0.3) is 0 Å². The van der Waals surface area contributed by atoms with Crippen LogP contribution in [0.15, 0.2) is 0 Å². The molecule has 1 heteroatoms.